The zero-order valence-corrected chi connectivity index (χ0v) is 10.2. The predicted octanol–water partition coefficient (Wildman–Crippen LogP) is 5.08. The van der Waals surface area contributed by atoms with E-state index in [0.29, 0.717) is 5.39 Å². The monoisotopic (exact) mass is 291 g/mol. The van der Waals surface area contributed by atoms with Crippen molar-refractivity contribution in [3.8, 4) is 0 Å². The Labute approximate surface area is 114 Å². The molecule has 0 aliphatic carbocycles. The van der Waals surface area contributed by atoms with E-state index in [-0.39, 0.29) is 16.2 Å². The van der Waals surface area contributed by atoms with Gasteiger partial charge in [-0.15, -0.1) is 0 Å². The van der Waals surface area contributed by atoms with Gasteiger partial charge in [-0.3, -0.25) is 0 Å². The zero-order valence-electron chi connectivity index (χ0n) is 10.2. The summed E-state index contributed by atoms with van der Waals surface area (Å²) < 4.78 is 69.4. The highest BCUT2D eigenvalue weighted by atomic mass is 19.2. The minimum Gasteiger partial charge on any atom is -0.206 e. The number of hydrogen-bond acceptors (Lipinski definition) is 0. The molecule has 4 rings (SSSR count). The lowest BCUT2D eigenvalue weighted by molar-refractivity contribution is 0.495. The lowest BCUT2D eigenvalue weighted by atomic mass is 9.93. The van der Waals surface area contributed by atoms with Crippen molar-refractivity contribution in [1.29, 1.82) is 0 Å². The molecule has 0 unspecified atom stereocenters. The normalized spacial score (nSPS) is 12.0. The average molecular weight is 291 g/mol. The van der Waals surface area contributed by atoms with Crippen molar-refractivity contribution >= 4 is 32.3 Å². The van der Waals surface area contributed by atoms with Gasteiger partial charge in [0.1, 0.15) is 5.82 Å². The quantitative estimate of drug-likeness (QED) is 0.313. The van der Waals surface area contributed by atoms with Crippen molar-refractivity contribution in [2.75, 3.05) is 0 Å². The molecule has 5 heteroatoms. The number of benzene rings is 4. The van der Waals surface area contributed by atoms with E-state index in [1.54, 1.807) is 0 Å². The molecular formula is C16H4F5. The molecule has 0 fully saturated rings. The van der Waals surface area contributed by atoms with E-state index in [9.17, 15) is 22.0 Å². The Hall–Kier alpha value is -2.43. The van der Waals surface area contributed by atoms with Gasteiger partial charge in [-0.25, -0.2) is 22.0 Å². The second-order valence-corrected chi connectivity index (χ2v) is 4.76. The van der Waals surface area contributed by atoms with Gasteiger partial charge in [0.25, 0.3) is 0 Å². The summed E-state index contributed by atoms with van der Waals surface area (Å²) in [6, 6.07) is 7.41. The molecule has 4 aromatic carbocycles. The number of rotatable bonds is 0. The Morgan fingerprint density at radius 3 is 2.05 bits per heavy atom. The molecule has 0 spiro atoms. The third-order valence-electron chi connectivity index (χ3n) is 3.67. The van der Waals surface area contributed by atoms with Crippen LogP contribution in [0.1, 0.15) is 0 Å². The van der Waals surface area contributed by atoms with Crippen LogP contribution in [0.4, 0.5) is 22.0 Å². The third kappa shape index (κ3) is 1.38. The molecule has 0 aromatic heterocycles. The summed E-state index contributed by atoms with van der Waals surface area (Å²) in [5.41, 5.74) is 0. The van der Waals surface area contributed by atoms with Gasteiger partial charge in [0, 0.05) is 16.8 Å². The summed E-state index contributed by atoms with van der Waals surface area (Å²) in [7, 11) is 0. The van der Waals surface area contributed by atoms with Crippen molar-refractivity contribution in [3.05, 3.63) is 59.4 Å². The Kier molecular flexibility index (Phi) is 2.24. The van der Waals surface area contributed by atoms with Gasteiger partial charge in [0.05, 0.1) is 10.8 Å². The van der Waals surface area contributed by atoms with E-state index >= 15 is 0 Å². The summed E-state index contributed by atoms with van der Waals surface area (Å²) in [6.07, 6.45) is 0. The minimum atomic E-state index is -1.60. The molecule has 0 N–H and O–H groups in total. The topological polar surface area (TPSA) is 0 Å². The van der Waals surface area contributed by atoms with E-state index < -0.39 is 39.9 Å². The molecule has 0 amide bonds. The predicted molar refractivity (Wildman–Crippen MR) is 68.8 cm³/mol. The summed E-state index contributed by atoms with van der Waals surface area (Å²) in [4.78, 5) is 0. The fourth-order valence-corrected chi connectivity index (χ4v) is 2.79. The van der Waals surface area contributed by atoms with Gasteiger partial charge in [-0.2, -0.15) is 0 Å². The van der Waals surface area contributed by atoms with Gasteiger partial charge in [0.2, 0.25) is 0 Å². The smallest absolute Gasteiger partial charge is 0.170 e. The Morgan fingerprint density at radius 1 is 0.619 bits per heavy atom. The van der Waals surface area contributed by atoms with E-state index in [2.05, 4.69) is 6.07 Å². The Balaban J connectivity index is 2.52. The highest BCUT2D eigenvalue weighted by Gasteiger charge is 2.24. The minimum absolute atomic E-state index is 0.0246. The molecule has 0 aliphatic rings. The Morgan fingerprint density at radius 2 is 1.29 bits per heavy atom. The van der Waals surface area contributed by atoms with Gasteiger partial charge in [0.15, 0.2) is 23.3 Å². The van der Waals surface area contributed by atoms with Crippen molar-refractivity contribution in [2.24, 2.45) is 0 Å². The average Bonchev–Trinajstić information content (AvgIpc) is 2.46. The van der Waals surface area contributed by atoms with Crippen LogP contribution in [0.25, 0.3) is 32.3 Å². The van der Waals surface area contributed by atoms with Crippen LogP contribution in [0.5, 0.6) is 0 Å². The molecule has 0 atom stereocenters. The van der Waals surface area contributed by atoms with Crippen molar-refractivity contribution in [3.63, 3.8) is 0 Å². The van der Waals surface area contributed by atoms with Crippen LogP contribution in [0.2, 0.25) is 0 Å². The van der Waals surface area contributed by atoms with Crippen LogP contribution in [0.3, 0.4) is 0 Å². The summed E-state index contributed by atoms with van der Waals surface area (Å²) in [5, 5.41) is -0.964. The van der Waals surface area contributed by atoms with Crippen molar-refractivity contribution in [1.82, 2.24) is 0 Å². The van der Waals surface area contributed by atoms with E-state index in [1.165, 1.54) is 18.2 Å². The van der Waals surface area contributed by atoms with Gasteiger partial charge in [-0.05, 0) is 16.8 Å². The molecule has 0 saturated carbocycles. The van der Waals surface area contributed by atoms with Crippen LogP contribution >= 0.6 is 0 Å². The first kappa shape index (κ1) is 12.3. The highest BCUT2D eigenvalue weighted by Crippen LogP contribution is 2.40. The molecule has 4 aromatic rings. The molecule has 0 heterocycles. The van der Waals surface area contributed by atoms with Crippen LogP contribution < -0.4 is 0 Å². The molecule has 0 nitrogen and oxygen atoms in total. The maximum Gasteiger partial charge on any atom is 0.170 e. The molecule has 0 bridgehead atoms. The summed E-state index contributed by atoms with van der Waals surface area (Å²) in [5.74, 6) is -7.02. The highest BCUT2D eigenvalue weighted by molar-refractivity contribution is 6.23. The largest absolute Gasteiger partial charge is 0.206 e. The molecule has 0 aliphatic heterocycles. The zero-order chi connectivity index (χ0) is 14.9. The lowest BCUT2D eigenvalue weighted by Crippen LogP contribution is -1.99. The molecular weight excluding hydrogens is 287 g/mol. The standard InChI is InChI=1S/C16H4F5/c17-8-4-3-6-1-2-7-5-9(18)14(19)13-11(7)10(6)12(8)15(20)16(13)21/h1-4H. The second-order valence-electron chi connectivity index (χ2n) is 4.76. The number of halogens is 5. The fourth-order valence-electron chi connectivity index (χ4n) is 2.79. The van der Waals surface area contributed by atoms with Crippen LogP contribution in [-0.4, -0.2) is 0 Å². The van der Waals surface area contributed by atoms with Crippen LogP contribution in [0, 0.1) is 35.2 Å². The van der Waals surface area contributed by atoms with Crippen molar-refractivity contribution in [2.45, 2.75) is 0 Å². The fraction of sp³-hybridized carbons (Fsp3) is 0. The maximum atomic E-state index is 14.1. The molecule has 1 radical (unpaired) electrons. The van der Waals surface area contributed by atoms with Crippen molar-refractivity contribution < 1.29 is 22.0 Å². The first-order chi connectivity index (χ1) is 10.0. The Bertz CT molecular complexity index is 1040. The van der Waals surface area contributed by atoms with Gasteiger partial charge < -0.3 is 0 Å². The first-order valence-corrected chi connectivity index (χ1v) is 6.02. The van der Waals surface area contributed by atoms with Gasteiger partial charge in [-0.1, -0.05) is 18.2 Å². The molecule has 0 saturated heterocycles. The lowest BCUT2D eigenvalue weighted by Gasteiger charge is -2.13. The molecule has 103 valence electrons. The van der Waals surface area contributed by atoms with E-state index in [1.807, 2.05) is 0 Å². The number of hydrogen-bond donors (Lipinski definition) is 0. The maximum absolute atomic E-state index is 14.1. The SMILES string of the molecule is Fc1[c]c2ccc3ccc(F)c4c(F)c(F)c(c1F)c2c34. The third-order valence-corrected chi connectivity index (χ3v) is 3.67. The van der Waals surface area contributed by atoms with E-state index in [4.69, 9.17) is 0 Å². The summed E-state index contributed by atoms with van der Waals surface area (Å²) >= 11 is 0. The van der Waals surface area contributed by atoms with Crippen LogP contribution in [-0.2, 0) is 0 Å². The van der Waals surface area contributed by atoms with E-state index in [0.717, 1.165) is 6.07 Å². The van der Waals surface area contributed by atoms with Crippen LogP contribution in [0.15, 0.2) is 24.3 Å². The second kappa shape index (κ2) is 3.81. The first-order valence-electron chi connectivity index (χ1n) is 6.02. The molecule has 21 heavy (non-hydrogen) atoms. The summed E-state index contributed by atoms with van der Waals surface area (Å²) in [6.45, 7) is 0. The van der Waals surface area contributed by atoms with Gasteiger partial charge >= 0.3 is 0 Å².